The van der Waals surface area contributed by atoms with E-state index in [-0.39, 0.29) is 11.4 Å². The average molecular weight is 409 g/mol. The highest BCUT2D eigenvalue weighted by Crippen LogP contribution is 2.26. The minimum atomic E-state index is -3.91. The fourth-order valence-electron chi connectivity index (χ4n) is 3.18. The predicted molar refractivity (Wildman–Crippen MR) is 117 cm³/mol. The van der Waals surface area contributed by atoms with Crippen molar-refractivity contribution in [2.75, 3.05) is 16.2 Å². The number of hydrogen-bond acceptors (Lipinski definition) is 3. The van der Waals surface area contributed by atoms with Crippen molar-refractivity contribution in [1.29, 1.82) is 0 Å². The Morgan fingerprint density at radius 2 is 1.48 bits per heavy atom. The molecule has 3 aromatic rings. The molecule has 0 bridgehead atoms. The van der Waals surface area contributed by atoms with Crippen LogP contribution in [-0.4, -0.2) is 20.9 Å². The van der Waals surface area contributed by atoms with Gasteiger partial charge in [0.05, 0.1) is 10.6 Å². The molecule has 5 nitrogen and oxygen atoms in total. The summed E-state index contributed by atoms with van der Waals surface area (Å²) in [5.41, 5.74) is 3.95. The number of benzene rings is 3. The Bertz CT molecular complexity index is 1110. The Labute approximate surface area is 172 Å². The highest BCUT2D eigenvalue weighted by atomic mass is 32.2. The Hall–Kier alpha value is -3.12. The standard InChI is InChI=1S/C23H24N2O3S/c1-17-8-7-9-20(13-17)24-23(26)16-25(21-14-18(2)12-19(3)15-21)29(27,28)22-10-5-4-6-11-22/h4-15H,16H2,1-3H3,(H,24,26). The van der Waals surface area contributed by atoms with E-state index in [1.165, 1.54) is 12.1 Å². The summed E-state index contributed by atoms with van der Waals surface area (Å²) in [6, 6.07) is 21.0. The van der Waals surface area contributed by atoms with Crippen LogP contribution >= 0.6 is 0 Å². The maximum Gasteiger partial charge on any atom is 0.264 e. The van der Waals surface area contributed by atoms with Crippen molar-refractivity contribution in [3.05, 3.63) is 89.5 Å². The van der Waals surface area contributed by atoms with Gasteiger partial charge in [0.15, 0.2) is 0 Å². The van der Waals surface area contributed by atoms with Crippen LogP contribution in [0.3, 0.4) is 0 Å². The zero-order valence-electron chi connectivity index (χ0n) is 16.7. The van der Waals surface area contributed by atoms with Gasteiger partial charge >= 0.3 is 0 Å². The molecule has 0 spiro atoms. The van der Waals surface area contributed by atoms with Gasteiger partial charge in [0.2, 0.25) is 5.91 Å². The highest BCUT2D eigenvalue weighted by molar-refractivity contribution is 7.92. The molecule has 3 aromatic carbocycles. The van der Waals surface area contributed by atoms with E-state index in [4.69, 9.17) is 0 Å². The number of anilines is 2. The van der Waals surface area contributed by atoms with Gasteiger partial charge < -0.3 is 5.32 Å². The molecule has 3 rings (SSSR count). The van der Waals surface area contributed by atoms with Gasteiger partial charge in [-0.1, -0.05) is 36.4 Å². The number of aryl methyl sites for hydroxylation is 3. The number of hydrogen-bond donors (Lipinski definition) is 1. The summed E-state index contributed by atoms with van der Waals surface area (Å²) < 4.78 is 27.8. The molecule has 1 amide bonds. The molecule has 0 atom stereocenters. The number of nitrogens with one attached hydrogen (secondary N) is 1. The summed E-state index contributed by atoms with van der Waals surface area (Å²) in [5.74, 6) is -0.408. The van der Waals surface area contributed by atoms with Gasteiger partial charge in [-0.25, -0.2) is 8.42 Å². The molecule has 6 heteroatoms. The molecule has 0 aliphatic rings. The van der Waals surface area contributed by atoms with Crippen LogP contribution in [0.25, 0.3) is 0 Å². The SMILES string of the molecule is Cc1cccc(NC(=O)CN(c2cc(C)cc(C)c2)S(=O)(=O)c2ccccc2)c1. The Morgan fingerprint density at radius 3 is 2.10 bits per heavy atom. The molecule has 0 fully saturated rings. The van der Waals surface area contributed by atoms with Crippen LogP contribution in [0.1, 0.15) is 16.7 Å². The Kier molecular flexibility index (Phi) is 6.03. The lowest BCUT2D eigenvalue weighted by Gasteiger charge is -2.25. The third-order valence-corrected chi connectivity index (χ3v) is 6.20. The normalized spacial score (nSPS) is 11.1. The van der Waals surface area contributed by atoms with Gasteiger partial charge in [-0.3, -0.25) is 9.10 Å². The van der Waals surface area contributed by atoms with E-state index in [0.717, 1.165) is 21.0 Å². The van der Waals surface area contributed by atoms with Gasteiger partial charge in [-0.15, -0.1) is 0 Å². The average Bonchev–Trinajstić information content (AvgIpc) is 2.66. The second-order valence-corrected chi connectivity index (χ2v) is 8.95. The first-order valence-electron chi connectivity index (χ1n) is 9.28. The largest absolute Gasteiger partial charge is 0.325 e. The van der Waals surface area contributed by atoms with Crippen LogP contribution in [0.2, 0.25) is 0 Å². The summed E-state index contributed by atoms with van der Waals surface area (Å²) in [4.78, 5) is 12.9. The van der Waals surface area contributed by atoms with Gasteiger partial charge in [0.25, 0.3) is 10.0 Å². The summed E-state index contributed by atoms with van der Waals surface area (Å²) in [5, 5.41) is 2.79. The smallest absolute Gasteiger partial charge is 0.264 e. The number of amides is 1. The van der Waals surface area contributed by atoms with Crippen LogP contribution < -0.4 is 9.62 Å². The van der Waals surface area contributed by atoms with E-state index >= 15 is 0 Å². The first-order valence-corrected chi connectivity index (χ1v) is 10.7. The summed E-state index contributed by atoms with van der Waals surface area (Å²) in [6.07, 6.45) is 0. The molecule has 0 saturated carbocycles. The van der Waals surface area contributed by atoms with E-state index in [9.17, 15) is 13.2 Å². The molecule has 1 N–H and O–H groups in total. The fraction of sp³-hybridized carbons (Fsp3) is 0.174. The van der Waals surface area contributed by atoms with Crippen molar-refractivity contribution in [2.45, 2.75) is 25.7 Å². The van der Waals surface area contributed by atoms with Crippen molar-refractivity contribution >= 4 is 27.3 Å². The number of rotatable bonds is 6. The quantitative estimate of drug-likeness (QED) is 0.655. The molecule has 0 radical (unpaired) electrons. The lowest BCUT2D eigenvalue weighted by atomic mass is 10.1. The van der Waals surface area contributed by atoms with E-state index in [1.54, 1.807) is 36.4 Å². The Balaban J connectivity index is 1.98. The highest BCUT2D eigenvalue weighted by Gasteiger charge is 2.27. The Morgan fingerprint density at radius 1 is 0.828 bits per heavy atom. The third kappa shape index (κ3) is 5.03. The predicted octanol–water partition coefficient (Wildman–Crippen LogP) is 4.45. The maximum atomic E-state index is 13.3. The second-order valence-electron chi connectivity index (χ2n) is 7.09. The van der Waals surface area contributed by atoms with Crippen molar-refractivity contribution in [3.8, 4) is 0 Å². The van der Waals surface area contributed by atoms with E-state index in [0.29, 0.717) is 11.4 Å². The van der Waals surface area contributed by atoms with Crippen LogP contribution in [0.4, 0.5) is 11.4 Å². The maximum absolute atomic E-state index is 13.3. The van der Waals surface area contributed by atoms with Crippen LogP contribution in [0, 0.1) is 20.8 Å². The minimum absolute atomic E-state index is 0.141. The van der Waals surface area contributed by atoms with E-state index in [2.05, 4.69) is 5.32 Å². The van der Waals surface area contributed by atoms with Gasteiger partial charge in [0.1, 0.15) is 6.54 Å². The van der Waals surface area contributed by atoms with Crippen LogP contribution in [-0.2, 0) is 14.8 Å². The molecule has 0 heterocycles. The molecule has 0 aliphatic carbocycles. The molecule has 0 aliphatic heterocycles. The molecular weight excluding hydrogens is 384 g/mol. The lowest BCUT2D eigenvalue weighted by molar-refractivity contribution is -0.114. The minimum Gasteiger partial charge on any atom is -0.325 e. The number of sulfonamides is 1. The summed E-state index contributed by atoms with van der Waals surface area (Å²) in [7, 11) is -3.91. The fourth-order valence-corrected chi connectivity index (χ4v) is 4.61. The van der Waals surface area contributed by atoms with Crippen LogP contribution in [0.5, 0.6) is 0 Å². The van der Waals surface area contributed by atoms with Crippen LogP contribution in [0.15, 0.2) is 77.7 Å². The van der Waals surface area contributed by atoms with E-state index in [1.807, 2.05) is 45.0 Å². The topological polar surface area (TPSA) is 66.5 Å². The van der Waals surface area contributed by atoms with Gasteiger partial charge in [-0.05, 0) is 73.9 Å². The first kappa shape index (κ1) is 20.6. The monoisotopic (exact) mass is 408 g/mol. The number of carbonyl (C=O) groups is 1. The molecule has 29 heavy (non-hydrogen) atoms. The zero-order valence-corrected chi connectivity index (χ0v) is 17.5. The summed E-state index contributed by atoms with van der Waals surface area (Å²) in [6.45, 7) is 5.40. The number of carbonyl (C=O) groups excluding carboxylic acids is 1. The van der Waals surface area contributed by atoms with Crippen molar-refractivity contribution in [2.24, 2.45) is 0 Å². The summed E-state index contributed by atoms with van der Waals surface area (Å²) >= 11 is 0. The first-order chi connectivity index (χ1) is 13.8. The molecule has 150 valence electrons. The molecule has 0 saturated heterocycles. The molecule has 0 aromatic heterocycles. The van der Waals surface area contributed by atoms with Gasteiger partial charge in [-0.2, -0.15) is 0 Å². The van der Waals surface area contributed by atoms with Crippen molar-refractivity contribution < 1.29 is 13.2 Å². The second kappa shape index (κ2) is 8.49. The van der Waals surface area contributed by atoms with Crippen molar-refractivity contribution in [3.63, 3.8) is 0 Å². The third-order valence-electron chi connectivity index (χ3n) is 4.41. The lowest BCUT2D eigenvalue weighted by Crippen LogP contribution is -2.38. The van der Waals surface area contributed by atoms with Gasteiger partial charge in [0, 0.05) is 5.69 Å². The van der Waals surface area contributed by atoms with Crippen molar-refractivity contribution in [1.82, 2.24) is 0 Å². The molecule has 0 unspecified atom stereocenters. The number of nitrogens with zero attached hydrogens (tertiary/aromatic N) is 1. The zero-order chi connectivity index (χ0) is 21.0. The van der Waals surface area contributed by atoms with E-state index < -0.39 is 15.9 Å². The molecular formula is C23H24N2O3S.